The zero-order valence-electron chi connectivity index (χ0n) is 37.3. The van der Waals surface area contributed by atoms with Crippen molar-refractivity contribution < 1.29 is 17.7 Å². The summed E-state index contributed by atoms with van der Waals surface area (Å²) in [7, 11) is 0. The Bertz CT molecular complexity index is 4180. The number of para-hydroxylation sites is 6. The molecule has 0 saturated heterocycles. The summed E-state index contributed by atoms with van der Waals surface area (Å²) in [6.45, 7) is -0.453. The van der Waals surface area contributed by atoms with Crippen LogP contribution in [0.3, 0.4) is 0 Å². The summed E-state index contributed by atoms with van der Waals surface area (Å²) >= 11 is 0. The molecule has 0 radical (unpaired) electrons. The molecule has 0 amide bonds. The van der Waals surface area contributed by atoms with E-state index >= 15 is 0 Å². The molecule has 14 aromatic rings. The van der Waals surface area contributed by atoms with Gasteiger partial charge in [0.1, 0.15) is 45.0 Å². The smallest absolute Gasteiger partial charge is 0.342 e. The highest BCUT2D eigenvalue weighted by atomic mass is 16.4. The van der Waals surface area contributed by atoms with Crippen LogP contribution >= 0.6 is 0 Å². The van der Waals surface area contributed by atoms with E-state index in [2.05, 4.69) is 196 Å². The van der Waals surface area contributed by atoms with Gasteiger partial charge >= 0.3 is 6.71 Å². The van der Waals surface area contributed by atoms with Crippen molar-refractivity contribution >= 4 is 123 Å². The van der Waals surface area contributed by atoms with Crippen molar-refractivity contribution in [3.63, 3.8) is 0 Å². The van der Waals surface area contributed by atoms with Crippen molar-refractivity contribution in [2.45, 2.75) is 0 Å². The topological polar surface area (TPSA) is 64.0 Å². The second-order valence-corrected chi connectivity index (χ2v) is 18.3. The van der Waals surface area contributed by atoms with Crippen molar-refractivity contribution in [1.82, 2.24) is 4.57 Å². The van der Waals surface area contributed by atoms with Gasteiger partial charge in [0.25, 0.3) is 0 Å². The van der Waals surface area contributed by atoms with Gasteiger partial charge in [0.2, 0.25) is 0 Å². The minimum absolute atomic E-state index is 0.453. The monoisotopic (exact) mass is 897 g/mol. The quantitative estimate of drug-likeness (QED) is 0.160. The van der Waals surface area contributed by atoms with Gasteiger partial charge in [0, 0.05) is 54.8 Å². The van der Waals surface area contributed by atoms with Crippen LogP contribution in [0.25, 0.3) is 94.0 Å². The Morgan fingerprint density at radius 3 is 1.09 bits per heavy atom. The highest BCUT2D eigenvalue weighted by Crippen LogP contribution is 2.55. The third-order valence-electron chi connectivity index (χ3n) is 14.6. The van der Waals surface area contributed by atoms with E-state index in [1.807, 2.05) is 36.4 Å². The van der Waals surface area contributed by atoms with Crippen LogP contribution in [-0.4, -0.2) is 11.3 Å². The zero-order chi connectivity index (χ0) is 45.6. The molecule has 8 heteroatoms. The second kappa shape index (κ2) is 14.1. The van der Waals surface area contributed by atoms with Gasteiger partial charge < -0.3 is 32.0 Å². The van der Waals surface area contributed by atoms with Crippen LogP contribution in [0.15, 0.2) is 236 Å². The highest BCUT2D eigenvalue weighted by molar-refractivity contribution is 6.99. The van der Waals surface area contributed by atoms with Gasteiger partial charge in [-0.2, -0.15) is 0 Å². The minimum Gasteiger partial charge on any atom is -0.468 e. The SMILES string of the molecule is c1ccc(-c2oc3ccccc3c2N2c3cc(-n4c5ccccc5c5ccccc54)cc4c3B(c3oc5ccccc5c32)c2oc3ccccc3c2N4c2c(-c3ccccc3)oc3ccccc23)cc1. The Hall–Kier alpha value is -9.40. The fourth-order valence-corrected chi connectivity index (χ4v) is 11.7. The zero-order valence-corrected chi connectivity index (χ0v) is 37.3. The van der Waals surface area contributed by atoms with Gasteiger partial charge in [-0.1, -0.05) is 146 Å². The molecule has 7 heterocycles. The lowest BCUT2D eigenvalue weighted by atomic mass is 9.37. The minimum atomic E-state index is -0.453. The molecule has 5 aromatic heterocycles. The molecule has 0 fully saturated rings. The van der Waals surface area contributed by atoms with E-state index in [-0.39, 0.29) is 0 Å². The number of benzene rings is 9. The van der Waals surface area contributed by atoms with Crippen LogP contribution in [0, 0.1) is 0 Å². The highest BCUT2D eigenvalue weighted by Gasteiger charge is 2.51. The molecule has 0 bridgehead atoms. The molecule has 9 aromatic carbocycles. The third-order valence-corrected chi connectivity index (χ3v) is 14.6. The van der Waals surface area contributed by atoms with Crippen molar-refractivity contribution in [2.24, 2.45) is 0 Å². The molecule has 2 aliphatic rings. The van der Waals surface area contributed by atoms with E-state index in [1.165, 1.54) is 10.8 Å². The van der Waals surface area contributed by atoms with Crippen molar-refractivity contribution in [3.05, 3.63) is 218 Å². The summed E-state index contributed by atoms with van der Waals surface area (Å²) in [6, 6.07) is 76.7. The first-order chi connectivity index (χ1) is 34.8. The number of furan rings is 4. The molecular formula is C62H36BN3O4. The van der Waals surface area contributed by atoms with Gasteiger partial charge in [0.15, 0.2) is 11.5 Å². The van der Waals surface area contributed by atoms with Gasteiger partial charge in [-0.05, 0) is 78.3 Å². The Balaban J connectivity index is 1.13. The third kappa shape index (κ3) is 5.03. The summed E-state index contributed by atoms with van der Waals surface area (Å²) in [5, 5.41) is 6.31. The van der Waals surface area contributed by atoms with Crippen molar-refractivity contribution in [2.75, 3.05) is 9.80 Å². The number of hydrogen-bond donors (Lipinski definition) is 0. The van der Waals surface area contributed by atoms with Gasteiger partial charge in [-0.3, -0.25) is 0 Å². The Morgan fingerprint density at radius 1 is 0.314 bits per heavy atom. The first-order valence-electron chi connectivity index (χ1n) is 23.7. The summed E-state index contributed by atoms with van der Waals surface area (Å²) < 4.78 is 31.1. The maximum absolute atomic E-state index is 7.31. The summed E-state index contributed by atoms with van der Waals surface area (Å²) in [4.78, 5) is 4.86. The van der Waals surface area contributed by atoms with Gasteiger partial charge in [-0.25, -0.2) is 0 Å². The Morgan fingerprint density at radius 2 is 0.657 bits per heavy atom. The van der Waals surface area contributed by atoms with Crippen molar-refractivity contribution in [3.8, 4) is 28.3 Å². The molecular weight excluding hydrogens is 862 g/mol. The summed E-state index contributed by atoms with van der Waals surface area (Å²) in [5.74, 6) is 1.52. The molecule has 0 aliphatic carbocycles. The van der Waals surface area contributed by atoms with E-state index < -0.39 is 6.71 Å². The molecule has 0 N–H and O–H groups in total. The maximum Gasteiger partial charge on any atom is 0.342 e. The van der Waals surface area contributed by atoms with Crippen LogP contribution in [0.4, 0.5) is 34.1 Å². The largest absolute Gasteiger partial charge is 0.468 e. The standard InChI is InChI=1S/C62H36BN3O4/c1-3-19-37(20-4-1)59-55(42-25-9-15-31-50(42)67-59)65-48-35-39(64-46-29-13-7-23-40(46)41-24-8-14-30-47(41)64)36-49-54(48)63(61-57(65)44-27-11-17-33-52(44)69-61)62-58(45-28-12-18-34-53(45)70-62)66(49)56-43-26-10-16-32-51(43)68-60(56)38-21-5-2-6-22-38/h1-36H. The number of aromatic nitrogens is 1. The van der Waals surface area contributed by atoms with Crippen LogP contribution in [-0.2, 0) is 0 Å². The van der Waals surface area contributed by atoms with Gasteiger partial charge in [0.05, 0.1) is 28.1 Å². The molecule has 326 valence electrons. The summed E-state index contributed by atoms with van der Waals surface area (Å²) in [5.41, 5.74) is 16.6. The average Bonchev–Trinajstić information content (AvgIpc) is 4.26. The molecule has 16 rings (SSSR count). The number of hydrogen-bond acceptors (Lipinski definition) is 6. The van der Waals surface area contributed by atoms with E-state index in [9.17, 15) is 0 Å². The number of rotatable bonds is 5. The Labute approximate surface area is 400 Å². The van der Waals surface area contributed by atoms with Crippen LogP contribution in [0.2, 0.25) is 0 Å². The maximum atomic E-state index is 7.31. The van der Waals surface area contributed by atoms with Crippen LogP contribution in [0.5, 0.6) is 0 Å². The molecule has 0 unspecified atom stereocenters. The first kappa shape index (κ1) is 37.7. The predicted octanol–water partition coefficient (Wildman–Crippen LogP) is 15.2. The second-order valence-electron chi connectivity index (χ2n) is 18.3. The molecule has 2 aliphatic heterocycles. The van der Waals surface area contributed by atoms with Crippen LogP contribution in [0.1, 0.15) is 0 Å². The number of nitrogens with zero attached hydrogens (tertiary/aromatic N) is 3. The molecule has 0 atom stereocenters. The lowest BCUT2D eigenvalue weighted by Gasteiger charge is -2.41. The van der Waals surface area contributed by atoms with Gasteiger partial charge in [-0.15, -0.1) is 0 Å². The fourth-order valence-electron chi connectivity index (χ4n) is 11.7. The van der Waals surface area contributed by atoms with Crippen LogP contribution < -0.4 is 26.6 Å². The van der Waals surface area contributed by atoms with E-state index in [1.54, 1.807) is 0 Å². The molecule has 0 saturated carbocycles. The van der Waals surface area contributed by atoms with E-state index in [0.717, 1.165) is 134 Å². The van der Waals surface area contributed by atoms with Crippen molar-refractivity contribution in [1.29, 1.82) is 0 Å². The van der Waals surface area contributed by atoms with E-state index in [4.69, 9.17) is 17.7 Å². The fraction of sp³-hybridized carbons (Fsp3) is 0. The number of anilines is 6. The Kier molecular flexibility index (Phi) is 7.57. The molecule has 0 spiro atoms. The average molecular weight is 898 g/mol. The lowest BCUT2D eigenvalue weighted by molar-refractivity contribution is 0.631. The normalized spacial score (nSPS) is 13.1. The number of fused-ring (bicyclic) bond motifs is 13. The molecule has 70 heavy (non-hydrogen) atoms. The lowest BCUT2D eigenvalue weighted by Crippen LogP contribution is -2.60. The molecule has 7 nitrogen and oxygen atoms in total. The van der Waals surface area contributed by atoms with E-state index in [0.29, 0.717) is 0 Å². The summed E-state index contributed by atoms with van der Waals surface area (Å²) in [6.07, 6.45) is 0. The predicted molar refractivity (Wildman–Crippen MR) is 285 cm³/mol. The first-order valence-corrected chi connectivity index (χ1v) is 23.7.